The van der Waals surface area contributed by atoms with Crippen molar-refractivity contribution in [2.75, 3.05) is 0 Å². The van der Waals surface area contributed by atoms with E-state index in [9.17, 15) is 9.00 Å². The van der Waals surface area contributed by atoms with Gasteiger partial charge in [-0.05, 0) is 5.37 Å². The summed E-state index contributed by atoms with van der Waals surface area (Å²) in [5.41, 5.74) is 4.82. The molecule has 64 valence electrons. The summed E-state index contributed by atoms with van der Waals surface area (Å²) in [5.74, 6) is -0.575. The molecule has 0 fully saturated rings. The van der Waals surface area contributed by atoms with Gasteiger partial charge in [-0.3, -0.25) is 9.35 Å². The Balaban J connectivity index is 3.85. The maximum Gasteiger partial charge on any atom is 0.232 e. The number of nitrogens with one attached hydrogen (secondary N) is 1. The molecule has 7 heteroatoms. The number of thiocarbonyl (C=S) groups is 1. The zero-order valence-corrected chi connectivity index (χ0v) is 7.15. The van der Waals surface area contributed by atoms with E-state index in [2.05, 4.69) is 16.9 Å². The van der Waals surface area contributed by atoms with Crippen LogP contribution in [0.4, 0.5) is 0 Å². The van der Waals surface area contributed by atoms with Gasteiger partial charge in [-0.1, -0.05) is 12.2 Å². The standard InChI is InChI=1S/C4H8N2O3S2/c5-4(7)1-3(2-10)6-11(8)9/h2-3,6H,1H2,(H2,5,7)(H,8,9). The first-order valence-electron chi connectivity index (χ1n) is 2.67. The van der Waals surface area contributed by atoms with Crippen molar-refractivity contribution in [2.45, 2.75) is 12.5 Å². The average molecular weight is 196 g/mol. The second kappa shape index (κ2) is 5.30. The van der Waals surface area contributed by atoms with Crippen LogP contribution >= 0.6 is 12.2 Å². The molecule has 1 amide bonds. The van der Waals surface area contributed by atoms with Gasteiger partial charge in [-0.25, -0.2) is 8.93 Å². The zero-order valence-electron chi connectivity index (χ0n) is 5.52. The third-order valence-electron chi connectivity index (χ3n) is 0.838. The molecule has 0 aromatic heterocycles. The Bertz CT molecular complexity index is 168. The molecule has 4 N–H and O–H groups in total. The van der Waals surface area contributed by atoms with Crippen LogP contribution in [0.15, 0.2) is 0 Å². The predicted octanol–water partition coefficient (Wildman–Crippen LogP) is -1.04. The Hall–Kier alpha value is -0.370. The lowest BCUT2D eigenvalue weighted by Crippen LogP contribution is -2.35. The second-order valence-corrected chi connectivity index (χ2v) is 2.79. The van der Waals surface area contributed by atoms with Gasteiger partial charge in [0.15, 0.2) is 0 Å². The van der Waals surface area contributed by atoms with Crippen LogP contribution in [0.25, 0.3) is 0 Å². The van der Waals surface area contributed by atoms with Crippen LogP contribution < -0.4 is 10.5 Å². The maximum atomic E-state index is 10.3. The second-order valence-electron chi connectivity index (χ2n) is 1.78. The number of hydrogen-bond acceptors (Lipinski definition) is 3. The van der Waals surface area contributed by atoms with Crippen LogP contribution in [0.5, 0.6) is 0 Å². The summed E-state index contributed by atoms with van der Waals surface area (Å²) in [6, 6.07) is -0.617. The molecule has 0 aliphatic carbocycles. The summed E-state index contributed by atoms with van der Waals surface area (Å²) in [6.07, 6.45) is -0.0736. The lowest BCUT2D eigenvalue weighted by molar-refractivity contribution is -0.118. The number of amides is 1. The summed E-state index contributed by atoms with van der Waals surface area (Å²) in [6.45, 7) is 0. The molecule has 5 nitrogen and oxygen atoms in total. The molecule has 0 radical (unpaired) electrons. The van der Waals surface area contributed by atoms with Crippen molar-refractivity contribution in [3.63, 3.8) is 0 Å². The number of carbonyl (C=O) groups is 1. The number of nitrogens with two attached hydrogens (primary N) is 1. The van der Waals surface area contributed by atoms with Gasteiger partial charge in [0.05, 0.1) is 6.04 Å². The van der Waals surface area contributed by atoms with Gasteiger partial charge in [0.1, 0.15) is 0 Å². The Morgan fingerprint density at radius 3 is 2.73 bits per heavy atom. The Morgan fingerprint density at radius 1 is 1.91 bits per heavy atom. The van der Waals surface area contributed by atoms with Gasteiger partial charge < -0.3 is 5.73 Å². The third-order valence-corrected chi connectivity index (χ3v) is 1.67. The summed E-state index contributed by atoms with van der Waals surface area (Å²) in [7, 11) is 0. The molecule has 0 aliphatic rings. The average Bonchev–Trinajstić information content (AvgIpc) is 1.84. The first-order chi connectivity index (χ1) is 5.06. The molecule has 2 atom stereocenters. The van der Waals surface area contributed by atoms with Gasteiger partial charge in [-0.15, -0.1) is 0 Å². The zero-order chi connectivity index (χ0) is 8.85. The van der Waals surface area contributed by atoms with Crippen molar-refractivity contribution in [1.82, 2.24) is 4.72 Å². The first-order valence-corrected chi connectivity index (χ1v) is 4.24. The van der Waals surface area contributed by atoms with Gasteiger partial charge >= 0.3 is 0 Å². The molecule has 0 rings (SSSR count). The van der Waals surface area contributed by atoms with Gasteiger partial charge in [0, 0.05) is 6.42 Å². The SMILES string of the molecule is NC(=O)CC(C=S)NS(=O)O. The summed E-state index contributed by atoms with van der Waals surface area (Å²) in [5, 5.41) is 1.18. The van der Waals surface area contributed by atoms with Crippen LogP contribution in [0.1, 0.15) is 6.42 Å². The minimum atomic E-state index is -2.17. The normalized spacial score (nSPS) is 15.4. The quantitative estimate of drug-likeness (QED) is 0.386. The molecule has 11 heavy (non-hydrogen) atoms. The fraction of sp³-hybridized carbons (Fsp3) is 0.500. The third kappa shape index (κ3) is 6.05. The summed E-state index contributed by atoms with van der Waals surface area (Å²) < 4.78 is 20.6. The highest BCUT2D eigenvalue weighted by molar-refractivity contribution is 7.79. The van der Waals surface area contributed by atoms with E-state index in [4.69, 9.17) is 10.3 Å². The molecule has 0 heterocycles. The van der Waals surface area contributed by atoms with Crippen LogP contribution in [-0.2, 0) is 16.1 Å². The van der Waals surface area contributed by atoms with Crippen molar-refractivity contribution in [2.24, 2.45) is 5.73 Å². The van der Waals surface area contributed by atoms with Gasteiger partial charge in [0.25, 0.3) is 0 Å². The summed E-state index contributed by atoms with van der Waals surface area (Å²) >= 11 is 2.30. The van der Waals surface area contributed by atoms with E-state index in [-0.39, 0.29) is 6.42 Å². The van der Waals surface area contributed by atoms with E-state index in [1.54, 1.807) is 0 Å². The minimum Gasteiger partial charge on any atom is -0.370 e. The van der Waals surface area contributed by atoms with Crippen molar-refractivity contribution < 1.29 is 13.6 Å². The molecule has 0 saturated carbocycles. The monoisotopic (exact) mass is 196 g/mol. The lowest BCUT2D eigenvalue weighted by atomic mass is 10.2. The first kappa shape index (κ1) is 10.6. The van der Waals surface area contributed by atoms with E-state index < -0.39 is 23.2 Å². The molecule has 0 aliphatic heterocycles. The molecule has 0 bridgehead atoms. The van der Waals surface area contributed by atoms with E-state index >= 15 is 0 Å². The highest BCUT2D eigenvalue weighted by Gasteiger charge is 2.09. The maximum absolute atomic E-state index is 10.3. The Morgan fingerprint density at radius 2 is 2.45 bits per heavy atom. The molecule has 0 spiro atoms. The van der Waals surface area contributed by atoms with Crippen molar-refractivity contribution in [3.8, 4) is 0 Å². The number of rotatable bonds is 5. The fourth-order valence-corrected chi connectivity index (χ4v) is 1.12. The molecular weight excluding hydrogens is 188 g/mol. The van der Waals surface area contributed by atoms with Gasteiger partial charge in [-0.2, -0.15) is 0 Å². The molecule has 2 unspecified atom stereocenters. The number of carbonyl (C=O) groups excluding carboxylic acids is 1. The van der Waals surface area contributed by atoms with Crippen molar-refractivity contribution in [3.05, 3.63) is 0 Å². The Labute approximate surface area is 71.8 Å². The summed E-state index contributed by atoms with van der Waals surface area (Å²) in [4.78, 5) is 10.3. The van der Waals surface area contributed by atoms with Crippen molar-refractivity contribution >= 4 is 34.8 Å². The number of primary amides is 1. The van der Waals surface area contributed by atoms with E-state index in [1.165, 1.54) is 5.37 Å². The van der Waals surface area contributed by atoms with Crippen LogP contribution in [-0.4, -0.2) is 26.1 Å². The highest BCUT2D eigenvalue weighted by atomic mass is 32.2. The number of hydrogen-bond donors (Lipinski definition) is 3. The van der Waals surface area contributed by atoms with E-state index in [0.717, 1.165) is 0 Å². The van der Waals surface area contributed by atoms with Crippen molar-refractivity contribution in [1.29, 1.82) is 0 Å². The van der Waals surface area contributed by atoms with Crippen LogP contribution in [0.2, 0.25) is 0 Å². The Kier molecular flexibility index (Phi) is 5.12. The van der Waals surface area contributed by atoms with Crippen LogP contribution in [0.3, 0.4) is 0 Å². The smallest absolute Gasteiger partial charge is 0.232 e. The molecule has 0 aromatic rings. The van der Waals surface area contributed by atoms with Crippen LogP contribution in [0, 0.1) is 0 Å². The molecular formula is C4H8N2O3S2. The molecule has 0 saturated heterocycles. The fourth-order valence-electron chi connectivity index (χ4n) is 0.464. The topological polar surface area (TPSA) is 92.4 Å². The lowest BCUT2D eigenvalue weighted by Gasteiger charge is -2.06. The van der Waals surface area contributed by atoms with E-state index in [1.807, 2.05) is 0 Å². The van der Waals surface area contributed by atoms with Gasteiger partial charge in [0.2, 0.25) is 17.2 Å². The minimum absolute atomic E-state index is 0.0736. The highest BCUT2D eigenvalue weighted by Crippen LogP contribution is 1.88. The largest absolute Gasteiger partial charge is 0.370 e. The predicted molar refractivity (Wildman–Crippen MR) is 45.2 cm³/mol. The molecule has 0 aromatic carbocycles. The van der Waals surface area contributed by atoms with E-state index in [0.29, 0.717) is 0 Å².